The van der Waals surface area contributed by atoms with E-state index in [-0.39, 0.29) is 17.9 Å². The molecule has 2 fully saturated rings. The van der Waals surface area contributed by atoms with E-state index in [2.05, 4.69) is 10.4 Å². The monoisotopic (exact) mass is 360 g/mol. The summed E-state index contributed by atoms with van der Waals surface area (Å²) in [6.07, 6.45) is 7.15. The number of carbonyl (C=O) groups is 2. The average molecular weight is 360 g/mol. The molecule has 0 spiro atoms. The van der Waals surface area contributed by atoms with E-state index < -0.39 is 0 Å². The highest BCUT2D eigenvalue weighted by Crippen LogP contribution is 2.34. The van der Waals surface area contributed by atoms with Crippen LogP contribution in [0.1, 0.15) is 50.3 Å². The maximum Gasteiger partial charge on any atom is 0.223 e. The summed E-state index contributed by atoms with van der Waals surface area (Å²) in [6, 6.07) is 1.87. The molecule has 0 bridgehead atoms. The van der Waals surface area contributed by atoms with Crippen LogP contribution in [0.15, 0.2) is 12.3 Å². The number of carbonyl (C=O) groups excluding carboxylic acids is 2. The number of amides is 2. The maximum absolute atomic E-state index is 12.5. The lowest BCUT2D eigenvalue weighted by Gasteiger charge is -2.34. The van der Waals surface area contributed by atoms with Gasteiger partial charge >= 0.3 is 0 Å². The van der Waals surface area contributed by atoms with Gasteiger partial charge in [-0.3, -0.25) is 14.3 Å². The first-order valence-electron chi connectivity index (χ1n) is 9.83. The van der Waals surface area contributed by atoms with Crippen molar-refractivity contribution in [3.05, 3.63) is 18.0 Å². The van der Waals surface area contributed by atoms with Gasteiger partial charge in [0.1, 0.15) is 0 Å². The van der Waals surface area contributed by atoms with Gasteiger partial charge in [0.05, 0.1) is 24.7 Å². The first kappa shape index (κ1) is 17.5. The molecule has 3 heterocycles. The Labute approximate surface area is 154 Å². The van der Waals surface area contributed by atoms with Crippen molar-refractivity contribution in [2.75, 3.05) is 26.3 Å². The lowest BCUT2D eigenvalue weighted by Crippen LogP contribution is -2.43. The minimum Gasteiger partial charge on any atom is -0.381 e. The molecule has 2 amide bonds. The highest BCUT2D eigenvalue weighted by Gasteiger charge is 2.33. The molecule has 1 aliphatic carbocycles. The SMILES string of the molecule is O=C(C[C@@H]1CN(C(=O)CC2CC2)Cc2ccnn21)NCC1CCOCC1. The fourth-order valence-electron chi connectivity index (χ4n) is 3.92. The number of fused-ring (bicyclic) bond motifs is 1. The van der Waals surface area contributed by atoms with Gasteiger partial charge in [0.2, 0.25) is 11.8 Å². The van der Waals surface area contributed by atoms with Gasteiger partial charge in [-0.05, 0) is 43.6 Å². The van der Waals surface area contributed by atoms with Crippen molar-refractivity contribution < 1.29 is 14.3 Å². The summed E-state index contributed by atoms with van der Waals surface area (Å²) in [5.41, 5.74) is 1.02. The molecular formula is C19H28N4O3. The van der Waals surface area contributed by atoms with Gasteiger partial charge in [0.15, 0.2) is 0 Å². The van der Waals surface area contributed by atoms with Crippen LogP contribution < -0.4 is 5.32 Å². The van der Waals surface area contributed by atoms with Crippen molar-refractivity contribution in [1.29, 1.82) is 0 Å². The van der Waals surface area contributed by atoms with Crippen molar-refractivity contribution in [3.8, 4) is 0 Å². The zero-order valence-electron chi connectivity index (χ0n) is 15.2. The normalized spacial score (nSPS) is 23.5. The van der Waals surface area contributed by atoms with Gasteiger partial charge in [-0.15, -0.1) is 0 Å². The van der Waals surface area contributed by atoms with E-state index in [0.717, 1.165) is 31.7 Å². The van der Waals surface area contributed by atoms with Crippen LogP contribution in [0.2, 0.25) is 0 Å². The van der Waals surface area contributed by atoms with Crippen molar-refractivity contribution >= 4 is 11.8 Å². The number of ether oxygens (including phenoxy) is 1. The minimum absolute atomic E-state index is 0.0411. The van der Waals surface area contributed by atoms with Crippen LogP contribution in [-0.4, -0.2) is 52.8 Å². The zero-order chi connectivity index (χ0) is 17.9. The third-order valence-electron chi connectivity index (χ3n) is 5.74. The summed E-state index contributed by atoms with van der Waals surface area (Å²) in [5.74, 6) is 1.35. The lowest BCUT2D eigenvalue weighted by atomic mass is 10.0. The summed E-state index contributed by atoms with van der Waals surface area (Å²) < 4.78 is 7.29. The Morgan fingerprint density at radius 1 is 1.15 bits per heavy atom. The predicted octanol–water partition coefficient (Wildman–Crippen LogP) is 1.50. The summed E-state index contributed by atoms with van der Waals surface area (Å²) in [4.78, 5) is 26.9. The van der Waals surface area contributed by atoms with Crippen molar-refractivity contribution in [2.45, 2.75) is 51.1 Å². The molecule has 4 rings (SSSR count). The summed E-state index contributed by atoms with van der Waals surface area (Å²) in [5, 5.41) is 7.46. The van der Waals surface area contributed by atoms with Crippen molar-refractivity contribution in [3.63, 3.8) is 0 Å². The highest BCUT2D eigenvalue weighted by atomic mass is 16.5. The predicted molar refractivity (Wildman–Crippen MR) is 95.2 cm³/mol. The van der Waals surface area contributed by atoms with Gasteiger partial charge < -0.3 is 15.0 Å². The van der Waals surface area contributed by atoms with Gasteiger partial charge in [0, 0.05) is 38.9 Å². The lowest BCUT2D eigenvalue weighted by molar-refractivity contribution is -0.134. The Hall–Kier alpha value is -1.89. The first-order valence-corrected chi connectivity index (χ1v) is 9.83. The smallest absolute Gasteiger partial charge is 0.223 e. The number of rotatable bonds is 6. The number of nitrogens with zero attached hydrogens (tertiary/aromatic N) is 3. The van der Waals surface area contributed by atoms with E-state index in [1.54, 1.807) is 6.20 Å². The Morgan fingerprint density at radius 2 is 1.96 bits per heavy atom. The average Bonchev–Trinajstić information content (AvgIpc) is 3.33. The quantitative estimate of drug-likeness (QED) is 0.834. The molecule has 7 nitrogen and oxygen atoms in total. The van der Waals surface area contributed by atoms with Crippen LogP contribution in [0.25, 0.3) is 0 Å². The number of hydrogen-bond donors (Lipinski definition) is 1. The second-order valence-electron chi connectivity index (χ2n) is 7.91. The number of nitrogens with one attached hydrogen (secondary N) is 1. The van der Waals surface area contributed by atoms with E-state index in [1.165, 1.54) is 12.8 Å². The second-order valence-corrected chi connectivity index (χ2v) is 7.91. The fraction of sp³-hybridized carbons (Fsp3) is 0.737. The largest absolute Gasteiger partial charge is 0.381 e. The summed E-state index contributed by atoms with van der Waals surface area (Å²) >= 11 is 0. The molecule has 7 heteroatoms. The topological polar surface area (TPSA) is 76.5 Å². The fourth-order valence-corrected chi connectivity index (χ4v) is 3.92. The highest BCUT2D eigenvalue weighted by molar-refractivity contribution is 5.78. The molecule has 3 aliphatic rings. The molecule has 1 aromatic heterocycles. The molecule has 142 valence electrons. The third-order valence-corrected chi connectivity index (χ3v) is 5.74. The first-order chi connectivity index (χ1) is 12.7. The third kappa shape index (κ3) is 4.26. The van der Waals surface area contributed by atoms with E-state index >= 15 is 0 Å². The zero-order valence-corrected chi connectivity index (χ0v) is 15.2. The van der Waals surface area contributed by atoms with E-state index in [4.69, 9.17) is 4.74 Å². The molecule has 26 heavy (non-hydrogen) atoms. The van der Waals surface area contributed by atoms with E-state index in [9.17, 15) is 9.59 Å². The molecule has 2 aliphatic heterocycles. The molecule has 1 atom stereocenters. The maximum atomic E-state index is 12.5. The molecule has 0 radical (unpaired) electrons. The van der Waals surface area contributed by atoms with E-state index in [0.29, 0.717) is 44.3 Å². The van der Waals surface area contributed by atoms with Crippen molar-refractivity contribution in [2.24, 2.45) is 11.8 Å². The van der Waals surface area contributed by atoms with Gasteiger partial charge in [-0.25, -0.2) is 0 Å². The molecule has 1 saturated carbocycles. The molecule has 1 N–H and O–H groups in total. The van der Waals surface area contributed by atoms with Crippen LogP contribution in [0.3, 0.4) is 0 Å². The van der Waals surface area contributed by atoms with Crippen LogP contribution in [0.4, 0.5) is 0 Å². The number of aromatic nitrogens is 2. The van der Waals surface area contributed by atoms with Gasteiger partial charge in [-0.2, -0.15) is 5.10 Å². The standard InChI is InChI=1S/C19H28N4O3/c24-18(20-11-15-4-7-26-8-5-15)10-17-13-22(19(25)9-14-1-2-14)12-16-3-6-21-23(16)17/h3,6,14-15,17H,1-2,4-5,7-13H2,(H,20,24)/t17-/m1/s1. The summed E-state index contributed by atoms with van der Waals surface area (Å²) in [7, 11) is 0. The Balaban J connectivity index is 1.33. The van der Waals surface area contributed by atoms with Crippen molar-refractivity contribution in [1.82, 2.24) is 20.0 Å². The molecule has 0 unspecified atom stereocenters. The Morgan fingerprint density at radius 3 is 2.73 bits per heavy atom. The second kappa shape index (κ2) is 7.78. The van der Waals surface area contributed by atoms with Gasteiger partial charge in [0.25, 0.3) is 0 Å². The molecular weight excluding hydrogens is 332 g/mol. The van der Waals surface area contributed by atoms with Crippen LogP contribution in [-0.2, 0) is 20.9 Å². The Bertz CT molecular complexity index is 649. The number of hydrogen-bond acceptors (Lipinski definition) is 4. The molecule has 0 aromatic carbocycles. The van der Waals surface area contributed by atoms with Crippen LogP contribution in [0, 0.1) is 11.8 Å². The van der Waals surface area contributed by atoms with Crippen LogP contribution >= 0.6 is 0 Å². The molecule has 1 aromatic rings. The van der Waals surface area contributed by atoms with Crippen LogP contribution in [0.5, 0.6) is 0 Å². The van der Waals surface area contributed by atoms with E-state index in [1.807, 2.05) is 15.6 Å². The minimum atomic E-state index is -0.0772. The Kier molecular flexibility index (Phi) is 5.24. The van der Waals surface area contributed by atoms with Gasteiger partial charge in [-0.1, -0.05) is 0 Å². The summed E-state index contributed by atoms with van der Waals surface area (Å²) in [6.45, 7) is 3.47. The molecule has 1 saturated heterocycles.